The van der Waals surface area contributed by atoms with Gasteiger partial charge in [-0.3, -0.25) is 10.1 Å². The van der Waals surface area contributed by atoms with Crippen molar-refractivity contribution < 1.29 is 14.2 Å². The van der Waals surface area contributed by atoms with Crippen LogP contribution in [-0.4, -0.2) is 28.2 Å². The Morgan fingerprint density at radius 2 is 1.71 bits per heavy atom. The van der Waals surface area contributed by atoms with Crippen LogP contribution in [0.1, 0.15) is 51.0 Å². The molecule has 128 valence electrons. The van der Waals surface area contributed by atoms with Gasteiger partial charge in [-0.1, -0.05) is 6.42 Å². The minimum Gasteiger partial charge on any atom is -0.415 e. The number of aromatic nitrogens is 2. The second-order valence-corrected chi connectivity index (χ2v) is 6.40. The molecule has 1 aromatic carbocycles. The van der Waals surface area contributed by atoms with Gasteiger partial charge < -0.3 is 9.32 Å². The maximum atomic E-state index is 10.7. The summed E-state index contributed by atoms with van der Waals surface area (Å²) in [6, 6.07) is 6.35. The monoisotopic (exact) mass is 331 g/mol. The van der Waals surface area contributed by atoms with Crippen LogP contribution in [0.5, 0.6) is 0 Å². The quantitative estimate of drug-likeness (QED) is 0.687. The van der Waals surface area contributed by atoms with Gasteiger partial charge in [-0.05, 0) is 44.7 Å². The molecule has 1 atom stereocenters. The minimum absolute atomic E-state index is 0.0527. The highest BCUT2D eigenvalue weighted by Crippen LogP contribution is 2.22. The van der Waals surface area contributed by atoms with E-state index in [0.717, 1.165) is 13.1 Å². The van der Waals surface area contributed by atoms with E-state index in [9.17, 15) is 10.1 Å². The number of nitro benzene ring substituents is 1. The fourth-order valence-corrected chi connectivity index (χ4v) is 3.22. The van der Waals surface area contributed by atoms with E-state index in [0.29, 0.717) is 17.3 Å². The predicted molar refractivity (Wildman–Crippen MR) is 88.6 cm³/mol. The number of hydrogen-bond donors (Lipinski definition) is 1. The molecule has 7 nitrogen and oxygen atoms in total. The second-order valence-electron chi connectivity index (χ2n) is 6.40. The number of nitro groups is 1. The molecule has 1 N–H and O–H groups in total. The Labute approximate surface area is 140 Å². The van der Waals surface area contributed by atoms with Gasteiger partial charge in [0.1, 0.15) is 0 Å². The van der Waals surface area contributed by atoms with E-state index in [-0.39, 0.29) is 11.7 Å². The number of non-ortho nitro benzene ring substituents is 1. The van der Waals surface area contributed by atoms with Crippen LogP contribution in [0.2, 0.25) is 0 Å². The average molecular weight is 331 g/mol. The lowest BCUT2D eigenvalue weighted by molar-refractivity contribution is -0.932. The summed E-state index contributed by atoms with van der Waals surface area (Å²) in [5.41, 5.74) is 0.756. The van der Waals surface area contributed by atoms with Crippen molar-refractivity contribution in [3.05, 3.63) is 40.3 Å². The third kappa shape index (κ3) is 3.79. The first-order chi connectivity index (χ1) is 11.6. The Kier molecular flexibility index (Phi) is 5.20. The number of benzene rings is 1. The molecule has 0 spiro atoms. The van der Waals surface area contributed by atoms with E-state index in [4.69, 9.17) is 4.42 Å². The van der Waals surface area contributed by atoms with E-state index >= 15 is 0 Å². The van der Waals surface area contributed by atoms with Gasteiger partial charge >= 0.3 is 0 Å². The van der Waals surface area contributed by atoms with Gasteiger partial charge in [0.2, 0.25) is 5.89 Å². The van der Waals surface area contributed by atoms with Crippen LogP contribution in [0.4, 0.5) is 5.69 Å². The molecule has 0 bridgehead atoms. The molecule has 1 aliphatic heterocycles. The van der Waals surface area contributed by atoms with Crippen LogP contribution in [0.3, 0.4) is 0 Å². The Balaban J connectivity index is 1.72. The van der Waals surface area contributed by atoms with Crippen LogP contribution in [-0.2, 0) is 0 Å². The summed E-state index contributed by atoms with van der Waals surface area (Å²) < 4.78 is 5.84. The molecule has 7 heteroatoms. The third-order valence-electron chi connectivity index (χ3n) is 4.74. The van der Waals surface area contributed by atoms with Crippen molar-refractivity contribution >= 4 is 5.69 Å². The lowest BCUT2D eigenvalue weighted by Gasteiger charge is -2.25. The van der Waals surface area contributed by atoms with Gasteiger partial charge in [-0.2, -0.15) is 0 Å². The second kappa shape index (κ2) is 7.53. The number of likely N-dealkylation sites (tertiary alicyclic amines) is 1. The Bertz CT molecular complexity index is 675. The summed E-state index contributed by atoms with van der Waals surface area (Å²) in [6.45, 7) is 4.40. The molecular formula is C17H23N4O3+. The zero-order valence-corrected chi connectivity index (χ0v) is 13.9. The van der Waals surface area contributed by atoms with Gasteiger partial charge in [0.15, 0.2) is 6.04 Å². The summed E-state index contributed by atoms with van der Waals surface area (Å²) in [5, 5.41) is 19.0. The van der Waals surface area contributed by atoms with Crippen LogP contribution < -0.4 is 4.90 Å². The molecule has 1 aliphatic rings. The van der Waals surface area contributed by atoms with Crippen LogP contribution in [0.15, 0.2) is 28.7 Å². The highest BCUT2D eigenvalue weighted by molar-refractivity contribution is 5.55. The summed E-state index contributed by atoms with van der Waals surface area (Å²) in [5.74, 6) is 1.05. The molecule has 0 aliphatic carbocycles. The Hall–Kier alpha value is -2.28. The number of rotatable bonds is 4. The highest BCUT2D eigenvalue weighted by Gasteiger charge is 2.25. The average Bonchev–Trinajstić information content (AvgIpc) is 3.04. The normalized spacial score (nSPS) is 17.9. The smallest absolute Gasteiger partial charge is 0.274 e. The fraction of sp³-hybridized carbons (Fsp3) is 0.529. The first kappa shape index (κ1) is 16.6. The van der Waals surface area contributed by atoms with Gasteiger partial charge in [-0.15, -0.1) is 10.2 Å². The molecular weight excluding hydrogens is 308 g/mol. The molecule has 3 rings (SSSR count). The predicted octanol–water partition coefficient (Wildman–Crippen LogP) is 2.55. The Morgan fingerprint density at radius 3 is 2.33 bits per heavy atom. The first-order valence-corrected chi connectivity index (χ1v) is 8.58. The molecule has 2 heterocycles. The van der Waals surface area contributed by atoms with Gasteiger partial charge in [0, 0.05) is 17.7 Å². The molecule has 24 heavy (non-hydrogen) atoms. The SMILES string of the molecule is C[C@H](c1nnc(-c2ccc([N+](=O)[O-])cc2)o1)[NH+]1CCCCCCC1. The lowest BCUT2D eigenvalue weighted by atomic mass is 10.1. The number of nitrogens with one attached hydrogen (secondary N) is 1. The highest BCUT2D eigenvalue weighted by atomic mass is 16.6. The standard InChI is InChI=1S/C17H22N4O3/c1-13(20-11-5-3-2-4-6-12-20)16-18-19-17(24-16)14-7-9-15(10-8-14)21(22)23/h7-10,13H,2-6,11-12H2,1H3/p+1/t13-/m1/s1. The summed E-state index contributed by atoms with van der Waals surface area (Å²) in [7, 11) is 0. The van der Waals surface area contributed by atoms with E-state index in [1.165, 1.54) is 49.1 Å². The van der Waals surface area contributed by atoms with E-state index in [2.05, 4.69) is 17.1 Å². The first-order valence-electron chi connectivity index (χ1n) is 8.58. The molecule has 1 fully saturated rings. The van der Waals surface area contributed by atoms with E-state index in [1.807, 2.05) is 0 Å². The number of quaternary nitrogens is 1. The fourth-order valence-electron chi connectivity index (χ4n) is 3.22. The van der Waals surface area contributed by atoms with E-state index in [1.54, 1.807) is 12.1 Å². The molecule has 0 radical (unpaired) electrons. The van der Waals surface area contributed by atoms with Crippen molar-refractivity contribution in [1.82, 2.24) is 10.2 Å². The summed E-state index contributed by atoms with van der Waals surface area (Å²) in [4.78, 5) is 11.8. The summed E-state index contributed by atoms with van der Waals surface area (Å²) in [6.07, 6.45) is 6.42. The number of nitrogens with zero attached hydrogens (tertiary/aromatic N) is 3. The van der Waals surface area contributed by atoms with Crippen molar-refractivity contribution in [2.75, 3.05) is 13.1 Å². The lowest BCUT2D eigenvalue weighted by Crippen LogP contribution is -3.12. The van der Waals surface area contributed by atoms with E-state index < -0.39 is 4.92 Å². The van der Waals surface area contributed by atoms with Crippen molar-refractivity contribution in [2.45, 2.75) is 45.1 Å². The zero-order valence-electron chi connectivity index (χ0n) is 13.9. The topological polar surface area (TPSA) is 86.5 Å². The van der Waals surface area contributed by atoms with Crippen LogP contribution >= 0.6 is 0 Å². The molecule has 1 aromatic heterocycles. The van der Waals surface area contributed by atoms with Crippen molar-refractivity contribution in [3.63, 3.8) is 0 Å². The molecule has 0 unspecified atom stereocenters. The van der Waals surface area contributed by atoms with Crippen molar-refractivity contribution in [3.8, 4) is 11.5 Å². The molecule has 2 aromatic rings. The van der Waals surface area contributed by atoms with Crippen molar-refractivity contribution in [2.24, 2.45) is 0 Å². The molecule has 0 amide bonds. The van der Waals surface area contributed by atoms with Crippen LogP contribution in [0, 0.1) is 10.1 Å². The largest absolute Gasteiger partial charge is 0.415 e. The van der Waals surface area contributed by atoms with Crippen molar-refractivity contribution in [1.29, 1.82) is 0 Å². The maximum Gasteiger partial charge on any atom is 0.274 e. The van der Waals surface area contributed by atoms with Gasteiger partial charge in [0.25, 0.3) is 11.6 Å². The zero-order chi connectivity index (χ0) is 16.9. The maximum absolute atomic E-state index is 10.7. The molecule has 1 saturated heterocycles. The summed E-state index contributed by atoms with van der Waals surface area (Å²) >= 11 is 0. The van der Waals surface area contributed by atoms with Gasteiger partial charge in [0.05, 0.1) is 18.0 Å². The van der Waals surface area contributed by atoms with Gasteiger partial charge in [-0.25, -0.2) is 0 Å². The third-order valence-corrected chi connectivity index (χ3v) is 4.74. The Morgan fingerprint density at radius 1 is 1.08 bits per heavy atom. The molecule has 0 saturated carbocycles. The van der Waals surface area contributed by atoms with Crippen LogP contribution in [0.25, 0.3) is 11.5 Å². The minimum atomic E-state index is -0.420. The number of hydrogen-bond acceptors (Lipinski definition) is 5.